The Labute approximate surface area is 269 Å². The van der Waals surface area contributed by atoms with Gasteiger partial charge in [0.15, 0.2) is 16.7 Å². The van der Waals surface area contributed by atoms with Crippen molar-refractivity contribution in [3.63, 3.8) is 0 Å². The number of carbonyl (C=O) groups excluding carboxylic acids is 2. The van der Waals surface area contributed by atoms with E-state index in [9.17, 15) is 9.59 Å². The quantitative estimate of drug-likeness (QED) is 0.152. The number of benzene rings is 2. The number of ether oxygens (including phenoxy) is 2. The summed E-state index contributed by atoms with van der Waals surface area (Å²) in [5.74, 6) is 0.932. The number of anilines is 1. The minimum Gasteiger partial charge on any atom is -0.454 e. The first kappa shape index (κ1) is 30.4. The monoisotopic (exact) mass is 649 g/mol. The molecule has 2 aromatic heterocycles. The van der Waals surface area contributed by atoms with Gasteiger partial charge >= 0.3 is 0 Å². The van der Waals surface area contributed by atoms with E-state index in [1.165, 1.54) is 23.1 Å². The van der Waals surface area contributed by atoms with Crippen LogP contribution < -0.4 is 14.8 Å². The SMILES string of the molecule is Cc1cc(C)nc(SCC(=O)N(Cc2nc(-c3ccc(Cl)cc3)cs2)C2(C(=O)Nc3ccc4c(c3)OCO4)CCCCC2)n1. The van der Waals surface area contributed by atoms with E-state index in [0.29, 0.717) is 40.2 Å². The fraction of sp³-hybridized carbons (Fsp3) is 0.344. The van der Waals surface area contributed by atoms with E-state index in [-0.39, 0.29) is 30.9 Å². The molecule has 4 aromatic rings. The van der Waals surface area contributed by atoms with E-state index in [1.54, 1.807) is 23.1 Å². The Bertz CT molecular complexity index is 1650. The van der Waals surface area contributed by atoms with Crippen molar-refractivity contribution in [2.45, 2.75) is 63.2 Å². The molecule has 0 unspecified atom stereocenters. The molecule has 1 aliphatic carbocycles. The minimum absolute atomic E-state index is 0.0946. The fourth-order valence-corrected chi connectivity index (χ4v) is 7.43. The lowest BCUT2D eigenvalue weighted by Gasteiger charge is -2.44. The summed E-state index contributed by atoms with van der Waals surface area (Å²) in [7, 11) is 0. The maximum Gasteiger partial charge on any atom is 0.250 e. The van der Waals surface area contributed by atoms with Gasteiger partial charge in [-0.2, -0.15) is 0 Å². The second kappa shape index (κ2) is 13.1. The molecule has 2 aliphatic rings. The van der Waals surface area contributed by atoms with Gasteiger partial charge in [0.05, 0.1) is 18.0 Å². The van der Waals surface area contributed by atoms with Gasteiger partial charge in [0.1, 0.15) is 10.5 Å². The van der Waals surface area contributed by atoms with Crippen molar-refractivity contribution in [1.82, 2.24) is 19.9 Å². The molecule has 228 valence electrons. The van der Waals surface area contributed by atoms with Crippen LogP contribution in [0.25, 0.3) is 11.3 Å². The molecule has 1 aliphatic heterocycles. The van der Waals surface area contributed by atoms with E-state index in [1.807, 2.05) is 49.6 Å². The highest BCUT2D eigenvalue weighted by Crippen LogP contribution is 2.39. The molecule has 1 fully saturated rings. The first-order valence-electron chi connectivity index (χ1n) is 14.5. The third-order valence-corrected chi connectivity index (χ3v) is 9.74. The first-order valence-corrected chi connectivity index (χ1v) is 16.7. The molecule has 3 heterocycles. The van der Waals surface area contributed by atoms with E-state index < -0.39 is 5.54 Å². The lowest BCUT2D eigenvalue weighted by Crippen LogP contribution is -2.60. The van der Waals surface area contributed by atoms with Crippen LogP contribution in [0.3, 0.4) is 0 Å². The maximum atomic E-state index is 14.3. The number of hydrogen-bond donors (Lipinski definition) is 1. The summed E-state index contributed by atoms with van der Waals surface area (Å²) in [5.41, 5.74) is 2.96. The highest BCUT2D eigenvalue weighted by atomic mass is 35.5. The number of aromatic nitrogens is 3. The summed E-state index contributed by atoms with van der Waals surface area (Å²) in [6.45, 7) is 4.17. The van der Waals surface area contributed by atoms with E-state index in [0.717, 1.165) is 46.9 Å². The number of fused-ring (bicyclic) bond motifs is 1. The van der Waals surface area contributed by atoms with Gasteiger partial charge in [0, 0.05) is 39.1 Å². The first-order chi connectivity index (χ1) is 21.3. The van der Waals surface area contributed by atoms with Crippen molar-refractivity contribution in [3.8, 4) is 22.8 Å². The molecular weight excluding hydrogens is 618 g/mol. The van der Waals surface area contributed by atoms with Crippen molar-refractivity contribution in [1.29, 1.82) is 0 Å². The lowest BCUT2D eigenvalue weighted by atomic mass is 9.79. The van der Waals surface area contributed by atoms with Crippen LogP contribution in [-0.2, 0) is 16.1 Å². The predicted molar refractivity (Wildman–Crippen MR) is 172 cm³/mol. The third-order valence-electron chi connectivity index (χ3n) is 7.82. The highest BCUT2D eigenvalue weighted by molar-refractivity contribution is 7.99. The third kappa shape index (κ3) is 6.69. The summed E-state index contributed by atoms with van der Waals surface area (Å²) in [6.07, 6.45) is 3.77. The van der Waals surface area contributed by atoms with Crippen LogP contribution in [-0.4, -0.2) is 49.8 Å². The molecule has 1 N–H and O–H groups in total. The summed E-state index contributed by atoms with van der Waals surface area (Å²) in [6, 6.07) is 14.7. The summed E-state index contributed by atoms with van der Waals surface area (Å²) in [5, 5.41) is 7.01. The average molecular weight is 650 g/mol. The zero-order chi connectivity index (χ0) is 30.7. The lowest BCUT2D eigenvalue weighted by molar-refractivity contribution is -0.146. The van der Waals surface area contributed by atoms with Gasteiger partial charge in [-0.1, -0.05) is 54.8 Å². The molecule has 6 rings (SSSR count). The maximum absolute atomic E-state index is 14.3. The van der Waals surface area contributed by atoms with Gasteiger partial charge in [-0.15, -0.1) is 11.3 Å². The number of nitrogens with zero attached hydrogens (tertiary/aromatic N) is 4. The Kier molecular flexibility index (Phi) is 9.06. The number of rotatable bonds is 9. The van der Waals surface area contributed by atoms with Gasteiger partial charge in [-0.25, -0.2) is 15.0 Å². The van der Waals surface area contributed by atoms with Gasteiger partial charge in [-0.3, -0.25) is 9.59 Å². The Morgan fingerprint density at radius 1 is 0.977 bits per heavy atom. The van der Waals surface area contributed by atoms with Crippen LogP contribution >= 0.6 is 34.7 Å². The Hall–Kier alpha value is -3.67. The number of amides is 2. The van der Waals surface area contributed by atoms with Gasteiger partial charge < -0.3 is 19.7 Å². The number of aryl methyl sites for hydroxylation is 2. The van der Waals surface area contributed by atoms with Crippen LogP contribution in [0.15, 0.2) is 59.1 Å². The van der Waals surface area contributed by atoms with Gasteiger partial charge in [-0.05, 0) is 57.0 Å². The second-order valence-electron chi connectivity index (χ2n) is 10.9. The van der Waals surface area contributed by atoms with Crippen LogP contribution in [0.5, 0.6) is 11.5 Å². The van der Waals surface area contributed by atoms with E-state index in [4.69, 9.17) is 26.1 Å². The zero-order valence-electron chi connectivity index (χ0n) is 24.5. The molecule has 12 heteroatoms. The largest absolute Gasteiger partial charge is 0.454 e. The van der Waals surface area contributed by atoms with Gasteiger partial charge in [0.25, 0.3) is 0 Å². The number of thiazole rings is 1. The standard InChI is InChI=1S/C32H32ClN5O4S2/c1-20-14-21(2)35-31(34-20)44-18-29(39)38(16-28-37-25(17-43-28)22-6-8-23(33)9-7-22)32(12-4-3-5-13-32)30(40)36-24-10-11-26-27(15-24)42-19-41-26/h6-11,14-15,17H,3-5,12-13,16,18-19H2,1-2H3,(H,36,40). The Morgan fingerprint density at radius 2 is 1.70 bits per heavy atom. The molecule has 9 nitrogen and oxygen atoms in total. The second-order valence-corrected chi connectivity index (χ2v) is 13.3. The number of nitrogens with one attached hydrogen (secondary N) is 1. The van der Waals surface area contributed by atoms with Crippen LogP contribution in [0.2, 0.25) is 5.02 Å². The molecule has 0 saturated heterocycles. The Balaban J connectivity index is 1.31. The number of carbonyl (C=O) groups is 2. The predicted octanol–water partition coefficient (Wildman–Crippen LogP) is 7.06. The number of hydrogen-bond acceptors (Lipinski definition) is 9. The van der Waals surface area contributed by atoms with Crippen LogP contribution in [0, 0.1) is 13.8 Å². The zero-order valence-corrected chi connectivity index (χ0v) is 26.9. The summed E-state index contributed by atoms with van der Waals surface area (Å²) >= 11 is 8.85. The minimum atomic E-state index is -1.05. The van der Waals surface area contributed by atoms with Crippen LogP contribution in [0.1, 0.15) is 48.5 Å². The molecule has 0 atom stereocenters. The van der Waals surface area contributed by atoms with Crippen molar-refractivity contribution in [2.24, 2.45) is 0 Å². The average Bonchev–Trinajstić information content (AvgIpc) is 3.68. The Morgan fingerprint density at radius 3 is 2.45 bits per heavy atom. The molecule has 0 radical (unpaired) electrons. The van der Waals surface area contributed by atoms with Gasteiger partial charge in [0.2, 0.25) is 18.6 Å². The van der Waals surface area contributed by atoms with Crippen molar-refractivity contribution >= 4 is 52.2 Å². The van der Waals surface area contributed by atoms with Crippen molar-refractivity contribution < 1.29 is 19.1 Å². The highest BCUT2D eigenvalue weighted by Gasteiger charge is 2.47. The van der Waals surface area contributed by atoms with Crippen molar-refractivity contribution in [2.75, 3.05) is 17.9 Å². The van der Waals surface area contributed by atoms with Crippen molar-refractivity contribution in [3.05, 3.63) is 75.3 Å². The van der Waals surface area contributed by atoms with E-state index >= 15 is 0 Å². The molecule has 1 saturated carbocycles. The molecule has 44 heavy (non-hydrogen) atoms. The molecular formula is C32H32ClN5O4S2. The number of halogens is 1. The topological polar surface area (TPSA) is 107 Å². The molecule has 2 aromatic carbocycles. The summed E-state index contributed by atoms with van der Waals surface area (Å²) in [4.78, 5) is 44.1. The molecule has 2 amide bonds. The normalized spacial score (nSPS) is 15.2. The fourth-order valence-electron chi connectivity index (χ4n) is 5.69. The summed E-state index contributed by atoms with van der Waals surface area (Å²) < 4.78 is 11.0. The molecule has 0 spiro atoms. The number of thioether (sulfide) groups is 1. The smallest absolute Gasteiger partial charge is 0.250 e. The molecule has 0 bridgehead atoms. The van der Waals surface area contributed by atoms with E-state index in [2.05, 4.69) is 15.3 Å². The van der Waals surface area contributed by atoms with Crippen LogP contribution in [0.4, 0.5) is 5.69 Å².